The molecular weight excluding hydrogens is 282 g/mol. The number of nitrogen functional groups attached to an aromatic ring is 1. The molecule has 17 heavy (non-hydrogen) atoms. The van der Waals surface area contributed by atoms with Crippen molar-refractivity contribution in [1.29, 1.82) is 0 Å². The smallest absolute Gasteiger partial charge is 0.339 e. The average Bonchev–Trinajstić information content (AvgIpc) is 2.27. The lowest BCUT2D eigenvalue weighted by Crippen LogP contribution is -2.08. The third kappa shape index (κ3) is 4.38. The van der Waals surface area contributed by atoms with Crippen molar-refractivity contribution < 1.29 is 9.53 Å². The van der Waals surface area contributed by atoms with Crippen LogP contribution < -0.4 is 5.73 Å². The molecule has 0 aliphatic carbocycles. The Labute approximate surface area is 110 Å². The van der Waals surface area contributed by atoms with E-state index >= 15 is 0 Å². The molecule has 0 aliphatic rings. The number of ether oxygens (including phenoxy) is 1. The predicted molar refractivity (Wildman–Crippen MR) is 72.9 cm³/mol. The first kappa shape index (κ1) is 14.0. The number of carbonyl (C=O) groups is 1. The predicted octanol–water partition coefficient (Wildman–Crippen LogP) is 3.62. The fraction of sp³-hybridized carbons (Fsp3) is 0.462. The van der Waals surface area contributed by atoms with Crippen LogP contribution in [-0.4, -0.2) is 12.6 Å². The molecule has 94 valence electrons. The van der Waals surface area contributed by atoms with E-state index in [0.29, 0.717) is 28.2 Å². The summed E-state index contributed by atoms with van der Waals surface area (Å²) in [5.41, 5.74) is 6.72. The number of esters is 1. The van der Waals surface area contributed by atoms with Crippen molar-refractivity contribution in [2.75, 3.05) is 12.3 Å². The van der Waals surface area contributed by atoms with Gasteiger partial charge in [-0.15, -0.1) is 0 Å². The third-order valence-electron chi connectivity index (χ3n) is 2.41. The largest absolute Gasteiger partial charge is 0.462 e. The lowest BCUT2D eigenvalue weighted by atomic mass is 10.1. The minimum Gasteiger partial charge on any atom is -0.462 e. The summed E-state index contributed by atoms with van der Waals surface area (Å²) in [5.74, 6) is 0.306. The van der Waals surface area contributed by atoms with Crippen molar-refractivity contribution in [3.63, 3.8) is 0 Å². The van der Waals surface area contributed by atoms with Crippen LogP contribution in [0.15, 0.2) is 22.7 Å². The van der Waals surface area contributed by atoms with Crippen molar-refractivity contribution in [3.05, 3.63) is 28.2 Å². The van der Waals surface area contributed by atoms with Gasteiger partial charge in [0.1, 0.15) is 0 Å². The molecule has 0 heterocycles. The van der Waals surface area contributed by atoms with E-state index < -0.39 is 0 Å². The van der Waals surface area contributed by atoms with E-state index in [0.717, 1.165) is 12.8 Å². The highest BCUT2D eigenvalue weighted by atomic mass is 79.9. The molecule has 0 aliphatic heterocycles. The Balaban J connectivity index is 2.50. The number of hydrogen-bond acceptors (Lipinski definition) is 3. The summed E-state index contributed by atoms with van der Waals surface area (Å²) < 4.78 is 5.80. The highest BCUT2D eigenvalue weighted by molar-refractivity contribution is 9.10. The molecule has 1 aromatic carbocycles. The van der Waals surface area contributed by atoms with E-state index in [1.807, 2.05) is 0 Å². The van der Waals surface area contributed by atoms with Crippen LogP contribution in [0.5, 0.6) is 0 Å². The first-order valence-corrected chi connectivity index (χ1v) is 6.52. The van der Waals surface area contributed by atoms with E-state index in [2.05, 4.69) is 29.8 Å². The number of nitrogens with two attached hydrogens (primary N) is 1. The highest BCUT2D eigenvalue weighted by Crippen LogP contribution is 2.24. The number of hydrogen-bond donors (Lipinski definition) is 1. The van der Waals surface area contributed by atoms with Crippen molar-refractivity contribution in [1.82, 2.24) is 0 Å². The normalized spacial score (nSPS) is 10.6. The molecule has 0 atom stereocenters. The molecule has 2 N–H and O–H groups in total. The number of rotatable bonds is 5. The van der Waals surface area contributed by atoms with E-state index in [1.165, 1.54) is 0 Å². The quantitative estimate of drug-likeness (QED) is 0.513. The summed E-state index contributed by atoms with van der Waals surface area (Å²) in [4.78, 5) is 11.8. The SMILES string of the molecule is CC(C)CCCOC(=O)c1cccc(N)c1Br. The van der Waals surface area contributed by atoms with E-state index in [4.69, 9.17) is 10.5 Å². The molecule has 1 aromatic rings. The van der Waals surface area contributed by atoms with Gasteiger partial charge in [0, 0.05) is 5.69 Å². The Hall–Kier alpha value is -1.03. The van der Waals surface area contributed by atoms with Gasteiger partial charge >= 0.3 is 5.97 Å². The number of benzene rings is 1. The van der Waals surface area contributed by atoms with Gasteiger partial charge < -0.3 is 10.5 Å². The Kier molecular flexibility index (Phi) is 5.48. The molecule has 1 rings (SSSR count). The van der Waals surface area contributed by atoms with Crippen molar-refractivity contribution >= 4 is 27.6 Å². The van der Waals surface area contributed by atoms with Gasteiger partial charge in [0.05, 0.1) is 16.6 Å². The lowest BCUT2D eigenvalue weighted by Gasteiger charge is -2.08. The average molecular weight is 300 g/mol. The number of halogens is 1. The summed E-state index contributed by atoms with van der Waals surface area (Å²) in [6.45, 7) is 4.75. The minimum absolute atomic E-state index is 0.326. The molecule has 0 bridgehead atoms. The minimum atomic E-state index is -0.326. The second kappa shape index (κ2) is 6.64. The van der Waals surface area contributed by atoms with Crippen LogP contribution >= 0.6 is 15.9 Å². The molecule has 4 heteroatoms. The van der Waals surface area contributed by atoms with Crippen LogP contribution in [0, 0.1) is 5.92 Å². The fourth-order valence-corrected chi connectivity index (χ4v) is 1.87. The molecule has 3 nitrogen and oxygen atoms in total. The van der Waals surface area contributed by atoms with E-state index in [-0.39, 0.29) is 5.97 Å². The molecule has 0 saturated heterocycles. The zero-order chi connectivity index (χ0) is 12.8. The van der Waals surface area contributed by atoms with Crippen LogP contribution in [0.25, 0.3) is 0 Å². The van der Waals surface area contributed by atoms with E-state index in [1.54, 1.807) is 18.2 Å². The molecule has 0 amide bonds. The Morgan fingerprint density at radius 2 is 2.18 bits per heavy atom. The number of carbonyl (C=O) groups excluding carboxylic acids is 1. The summed E-state index contributed by atoms with van der Waals surface area (Å²) in [7, 11) is 0. The molecular formula is C13H18BrNO2. The van der Waals surface area contributed by atoms with Gasteiger partial charge in [0.25, 0.3) is 0 Å². The third-order valence-corrected chi connectivity index (χ3v) is 3.29. The number of anilines is 1. The van der Waals surface area contributed by atoms with Gasteiger partial charge in [-0.3, -0.25) is 0 Å². The van der Waals surface area contributed by atoms with Gasteiger partial charge in [-0.25, -0.2) is 4.79 Å². The monoisotopic (exact) mass is 299 g/mol. The van der Waals surface area contributed by atoms with Crippen molar-refractivity contribution in [2.45, 2.75) is 26.7 Å². The van der Waals surface area contributed by atoms with Gasteiger partial charge in [-0.2, -0.15) is 0 Å². The van der Waals surface area contributed by atoms with Crippen LogP contribution in [-0.2, 0) is 4.74 Å². The highest BCUT2D eigenvalue weighted by Gasteiger charge is 2.12. The maximum absolute atomic E-state index is 11.8. The topological polar surface area (TPSA) is 52.3 Å². The van der Waals surface area contributed by atoms with Crippen molar-refractivity contribution in [2.24, 2.45) is 5.92 Å². The summed E-state index contributed by atoms with van der Waals surface area (Å²) in [5, 5.41) is 0. The van der Waals surface area contributed by atoms with Crippen LogP contribution in [0.4, 0.5) is 5.69 Å². The maximum Gasteiger partial charge on any atom is 0.339 e. The second-order valence-corrected chi connectivity index (χ2v) is 5.17. The van der Waals surface area contributed by atoms with Crippen LogP contribution in [0.1, 0.15) is 37.0 Å². The molecule has 0 unspecified atom stereocenters. The first-order chi connectivity index (χ1) is 8.02. The zero-order valence-electron chi connectivity index (χ0n) is 10.2. The summed E-state index contributed by atoms with van der Waals surface area (Å²) in [6.07, 6.45) is 1.95. The molecule has 0 aromatic heterocycles. The van der Waals surface area contributed by atoms with Crippen molar-refractivity contribution in [3.8, 4) is 0 Å². The molecule has 0 fully saturated rings. The lowest BCUT2D eigenvalue weighted by molar-refractivity contribution is 0.0494. The van der Waals surface area contributed by atoms with E-state index in [9.17, 15) is 4.79 Å². The summed E-state index contributed by atoms with van der Waals surface area (Å²) >= 11 is 3.29. The maximum atomic E-state index is 11.8. The fourth-order valence-electron chi connectivity index (χ4n) is 1.44. The van der Waals surface area contributed by atoms with Gasteiger partial charge in [-0.1, -0.05) is 19.9 Å². The van der Waals surface area contributed by atoms with Crippen LogP contribution in [0.3, 0.4) is 0 Å². The zero-order valence-corrected chi connectivity index (χ0v) is 11.8. The van der Waals surface area contributed by atoms with Crippen LogP contribution in [0.2, 0.25) is 0 Å². The Bertz CT molecular complexity index is 391. The molecule has 0 spiro atoms. The summed E-state index contributed by atoms with van der Waals surface area (Å²) in [6, 6.07) is 5.18. The Morgan fingerprint density at radius 3 is 2.82 bits per heavy atom. The molecule has 0 saturated carbocycles. The standard InChI is InChI=1S/C13H18BrNO2/c1-9(2)5-4-8-17-13(16)10-6-3-7-11(15)12(10)14/h3,6-7,9H,4-5,8,15H2,1-2H3. The van der Waals surface area contributed by atoms with Gasteiger partial charge in [-0.05, 0) is 46.8 Å². The van der Waals surface area contributed by atoms with Gasteiger partial charge in [0.15, 0.2) is 0 Å². The second-order valence-electron chi connectivity index (χ2n) is 4.38. The molecule has 0 radical (unpaired) electrons. The first-order valence-electron chi connectivity index (χ1n) is 5.73. The Morgan fingerprint density at radius 1 is 1.47 bits per heavy atom. The van der Waals surface area contributed by atoms with Gasteiger partial charge in [0.2, 0.25) is 0 Å².